The van der Waals surface area contributed by atoms with Crippen molar-refractivity contribution in [2.24, 2.45) is 0 Å². The van der Waals surface area contributed by atoms with E-state index in [-0.39, 0.29) is 6.03 Å². The quantitative estimate of drug-likeness (QED) is 0.390. The van der Waals surface area contributed by atoms with Crippen molar-refractivity contribution >= 4 is 44.8 Å². The van der Waals surface area contributed by atoms with Gasteiger partial charge < -0.3 is 15.2 Å². The standard InChI is InChI=1S/C25H23N5O/c1-2-14-30(16-17-8-4-3-5-9-17)25(31)26-18-12-13-20-19(15-18)23-24(28-20)29-22-11-7-6-10-21(22)27-23/h3-13,15H,2,14,16H2,1H3,(H,26,31)(H,28,29). The minimum Gasteiger partial charge on any atom is -0.338 e. The van der Waals surface area contributed by atoms with Crippen LogP contribution >= 0.6 is 0 Å². The van der Waals surface area contributed by atoms with Gasteiger partial charge in [0, 0.05) is 29.7 Å². The Balaban J connectivity index is 1.45. The van der Waals surface area contributed by atoms with Gasteiger partial charge in [0.1, 0.15) is 5.52 Å². The number of carbonyl (C=O) groups is 1. The third-order valence-electron chi connectivity index (χ3n) is 5.35. The predicted molar refractivity (Wildman–Crippen MR) is 125 cm³/mol. The Hall–Kier alpha value is -3.93. The van der Waals surface area contributed by atoms with E-state index in [1.54, 1.807) is 0 Å². The minimum absolute atomic E-state index is 0.110. The number of nitrogens with zero attached hydrogens (tertiary/aromatic N) is 3. The van der Waals surface area contributed by atoms with Crippen molar-refractivity contribution in [2.75, 3.05) is 11.9 Å². The summed E-state index contributed by atoms with van der Waals surface area (Å²) in [7, 11) is 0. The number of H-pyrrole nitrogens is 1. The second-order valence-corrected chi connectivity index (χ2v) is 7.63. The van der Waals surface area contributed by atoms with E-state index in [4.69, 9.17) is 9.97 Å². The molecule has 2 aromatic heterocycles. The number of para-hydroxylation sites is 2. The van der Waals surface area contributed by atoms with Gasteiger partial charge in [-0.3, -0.25) is 0 Å². The zero-order chi connectivity index (χ0) is 21.2. The lowest BCUT2D eigenvalue weighted by molar-refractivity contribution is 0.209. The van der Waals surface area contributed by atoms with Crippen LogP contribution in [0.2, 0.25) is 0 Å². The summed E-state index contributed by atoms with van der Waals surface area (Å²) in [5.74, 6) is 0. The Morgan fingerprint density at radius 2 is 1.71 bits per heavy atom. The summed E-state index contributed by atoms with van der Waals surface area (Å²) in [6.07, 6.45) is 0.893. The van der Waals surface area contributed by atoms with Crippen LogP contribution in [-0.2, 0) is 6.54 Å². The molecule has 2 heterocycles. The third-order valence-corrected chi connectivity index (χ3v) is 5.35. The van der Waals surface area contributed by atoms with E-state index in [2.05, 4.69) is 17.2 Å². The van der Waals surface area contributed by atoms with Crippen molar-refractivity contribution < 1.29 is 4.79 Å². The molecule has 5 aromatic rings. The number of benzene rings is 3. The van der Waals surface area contributed by atoms with Gasteiger partial charge in [-0.1, -0.05) is 49.4 Å². The molecular weight excluding hydrogens is 386 g/mol. The number of nitrogens with one attached hydrogen (secondary N) is 2. The highest BCUT2D eigenvalue weighted by Crippen LogP contribution is 2.27. The lowest BCUT2D eigenvalue weighted by atomic mass is 10.2. The van der Waals surface area contributed by atoms with Crippen molar-refractivity contribution in [1.82, 2.24) is 19.9 Å². The lowest BCUT2D eigenvalue weighted by Gasteiger charge is -2.22. The molecule has 0 fully saturated rings. The van der Waals surface area contributed by atoms with Gasteiger partial charge >= 0.3 is 6.03 Å². The normalized spacial score (nSPS) is 11.3. The number of aromatic amines is 1. The lowest BCUT2D eigenvalue weighted by Crippen LogP contribution is -2.35. The van der Waals surface area contributed by atoms with Gasteiger partial charge in [-0.2, -0.15) is 0 Å². The molecule has 0 radical (unpaired) electrons. The molecule has 0 saturated carbocycles. The van der Waals surface area contributed by atoms with Crippen molar-refractivity contribution in [3.05, 3.63) is 78.4 Å². The number of hydrogen-bond donors (Lipinski definition) is 2. The molecule has 0 aliphatic heterocycles. The molecule has 0 unspecified atom stereocenters. The van der Waals surface area contributed by atoms with Crippen LogP contribution in [0, 0.1) is 0 Å². The van der Waals surface area contributed by atoms with Crippen LogP contribution in [0.3, 0.4) is 0 Å². The maximum atomic E-state index is 13.0. The second-order valence-electron chi connectivity index (χ2n) is 7.63. The van der Waals surface area contributed by atoms with Crippen LogP contribution in [0.5, 0.6) is 0 Å². The van der Waals surface area contributed by atoms with Crippen molar-refractivity contribution in [1.29, 1.82) is 0 Å². The monoisotopic (exact) mass is 409 g/mol. The first-order valence-corrected chi connectivity index (χ1v) is 10.5. The number of amides is 2. The summed E-state index contributed by atoms with van der Waals surface area (Å²) in [5.41, 5.74) is 6.04. The van der Waals surface area contributed by atoms with Crippen LogP contribution < -0.4 is 5.32 Å². The van der Waals surface area contributed by atoms with Crippen molar-refractivity contribution in [2.45, 2.75) is 19.9 Å². The largest absolute Gasteiger partial charge is 0.338 e. The third kappa shape index (κ3) is 3.80. The highest BCUT2D eigenvalue weighted by atomic mass is 16.2. The number of carbonyl (C=O) groups excluding carboxylic acids is 1. The van der Waals surface area contributed by atoms with E-state index in [1.807, 2.05) is 77.7 Å². The zero-order valence-corrected chi connectivity index (χ0v) is 17.3. The first-order valence-electron chi connectivity index (χ1n) is 10.5. The highest BCUT2D eigenvalue weighted by molar-refractivity contribution is 6.07. The SMILES string of the molecule is CCCN(Cc1ccccc1)C(=O)Nc1ccc2[nH]c3nc4ccccc4nc3c2c1. The molecule has 0 aliphatic carbocycles. The summed E-state index contributed by atoms with van der Waals surface area (Å²) in [5, 5.41) is 4.00. The summed E-state index contributed by atoms with van der Waals surface area (Å²) >= 11 is 0. The first-order chi connectivity index (χ1) is 15.2. The molecule has 6 nitrogen and oxygen atoms in total. The fourth-order valence-corrected chi connectivity index (χ4v) is 3.86. The Morgan fingerprint density at radius 1 is 0.968 bits per heavy atom. The van der Waals surface area contributed by atoms with E-state index < -0.39 is 0 Å². The molecule has 5 rings (SSSR count). The maximum absolute atomic E-state index is 13.0. The molecular formula is C25H23N5O. The van der Waals surface area contributed by atoms with Gasteiger partial charge in [-0.15, -0.1) is 0 Å². The van der Waals surface area contributed by atoms with Gasteiger partial charge in [-0.05, 0) is 42.3 Å². The Kier molecular flexibility index (Phi) is 4.96. The molecule has 6 heteroatoms. The predicted octanol–water partition coefficient (Wildman–Crippen LogP) is 5.71. The number of hydrogen-bond acceptors (Lipinski definition) is 3. The number of urea groups is 1. The number of anilines is 1. The number of fused-ring (bicyclic) bond motifs is 4. The Morgan fingerprint density at radius 3 is 2.48 bits per heavy atom. The topological polar surface area (TPSA) is 73.9 Å². The molecule has 0 atom stereocenters. The number of aromatic nitrogens is 3. The van der Waals surface area contributed by atoms with E-state index in [0.29, 0.717) is 13.1 Å². The fraction of sp³-hybridized carbons (Fsp3) is 0.160. The van der Waals surface area contributed by atoms with Gasteiger partial charge in [0.2, 0.25) is 0 Å². The van der Waals surface area contributed by atoms with E-state index >= 15 is 0 Å². The molecule has 0 aliphatic rings. The number of rotatable bonds is 5. The van der Waals surface area contributed by atoms with Gasteiger partial charge in [-0.25, -0.2) is 14.8 Å². The molecule has 2 N–H and O–H groups in total. The summed E-state index contributed by atoms with van der Waals surface area (Å²) in [6, 6.07) is 23.6. The highest BCUT2D eigenvalue weighted by Gasteiger charge is 2.15. The van der Waals surface area contributed by atoms with Crippen LogP contribution in [0.1, 0.15) is 18.9 Å². The first kappa shape index (κ1) is 19.1. The Bertz CT molecular complexity index is 1380. The van der Waals surface area contributed by atoms with Crippen LogP contribution in [0.4, 0.5) is 10.5 Å². The molecule has 3 aromatic carbocycles. The molecule has 0 spiro atoms. The molecule has 2 amide bonds. The summed E-state index contributed by atoms with van der Waals surface area (Å²) in [6.45, 7) is 3.34. The van der Waals surface area contributed by atoms with E-state index in [0.717, 1.165) is 50.8 Å². The summed E-state index contributed by atoms with van der Waals surface area (Å²) in [4.78, 5) is 27.6. The van der Waals surface area contributed by atoms with E-state index in [1.165, 1.54) is 0 Å². The second kappa shape index (κ2) is 8.07. The maximum Gasteiger partial charge on any atom is 0.322 e. The van der Waals surface area contributed by atoms with Gasteiger partial charge in [0.15, 0.2) is 5.65 Å². The van der Waals surface area contributed by atoms with Gasteiger partial charge in [0.25, 0.3) is 0 Å². The van der Waals surface area contributed by atoms with Crippen molar-refractivity contribution in [3.8, 4) is 0 Å². The molecule has 31 heavy (non-hydrogen) atoms. The zero-order valence-electron chi connectivity index (χ0n) is 17.3. The van der Waals surface area contributed by atoms with Crippen molar-refractivity contribution in [3.63, 3.8) is 0 Å². The van der Waals surface area contributed by atoms with Gasteiger partial charge in [0.05, 0.1) is 11.0 Å². The van der Waals surface area contributed by atoms with Crippen LogP contribution in [0.25, 0.3) is 33.1 Å². The molecule has 0 saturated heterocycles. The molecule has 0 bridgehead atoms. The minimum atomic E-state index is -0.110. The fourth-order valence-electron chi connectivity index (χ4n) is 3.86. The van der Waals surface area contributed by atoms with Crippen LogP contribution in [0.15, 0.2) is 72.8 Å². The smallest absolute Gasteiger partial charge is 0.322 e. The molecule has 154 valence electrons. The van der Waals surface area contributed by atoms with E-state index in [9.17, 15) is 4.79 Å². The summed E-state index contributed by atoms with van der Waals surface area (Å²) < 4.78 is 0. The average Bonchev–Trinajstić information content (AvgIpc) is 3.14. The Labute approximate surface area is 179 Å². The van der Waals surface area contributed by atoms with Crippen LogP contribution in [-0.4, -0.2) is 32.4 Å². The average molecular weight is 409 g/mol.